The zero-order chi connectivity index (χ0) is 16.1. The van der Waals surface area contributed by atoms with Gasteiger partial charge in [-0.1, -0.05) is 6.08 Å². The number of hydrogen-bond acceptors (Lipinski definition) is 5. The van der Waals surface area contributed by atoms with E-state index >= 15 is 0 Å². The first-order valence-electron chi connectivity index (χ1n) is 7.40. The quantitative estimate of drug-likeness (QED) is 0.550. The van der Waals surface area contributed by atoms with Crippen molar-refractivity contribution in [3.05, 3.63) is 30.2 Å². The summed E-state index contributed by atoms with van der Waals surface area (Å²) in [5, 5.41) is 8.77. The summed E-state index contributed by atoms with van der Waals surface area (Å²) in [7, 11) is 2.06. The Balaban J connectivity index is 2.32. The predicted molar refractivity (Wildman–Crippen MR) is 93.7 cm³/mol. The van der Waals surface area contributed by atoms with E-state index in [0.717, 1.165) is 47.6 Å². The smallest absolute Gasteiger partial charge is 0.227 e. The van der Waals surface area contributed by atoms with Crippen LogP contribution in [-0.4, -0.2) is 40.4 Å². The molecule has 0 saturated heterocycles. The van der Waals surface area contributed by atoms with Gasteiger partial charge in [-0.05, 0) is 38.3 Å². The lowest BCUT2D eigenvalue weighted by Gasteiger charge is -2.18. The van der Waals surface area contributed by atoms with Gasteiger partial charge in [0.25, 0.3) is 0 Å². The fraction of sp³-hybridized carbons (Fsp3) is 0.500. The van der Waals surface area contributed by atoms with Crippen molar-refractivity contribution in [2.24, 2.45) is 0 Å². The van der Waals surface area contributed by atoms with E-state index in [1.54, 1.807) is 0 Å². The molecule has 2 aromatic heterocycles. The summed E-state index contributed by atoms with van der Waals surface area (Å²) in [4.78, 5) is 2.15. The Morgan fingerprint density at radius 1 is 1.41 bits per heavy atom. The molecule has 0 aliphatic carbocycles. The van der Waals surface area contributed by atoms with Gasteiger partial charge in [-0.15, -0.1) is 16.8 Å². The van der Waals surface area contributed by atoms with Gasteiger partial charge >= 0.3 is 0 Å². The zero-order valence-corrected chi connectivity index (χ0v) is 14.6. The van der Waals surface area contributed by atoms with Crippen molar-refractivity contribution in [3.63, 3.8) is 0 Å². The lowest BCUT2D eigenvalue weighted by molar-refractivity contribution is 0.505. The van der Waals surface area contributed by atoms with Crippen LogP contribution in [0.1, 0.15) is 17.9 Å². The molecule has 0 amide bonds. The summed E-state index contributed by atoms with van der Waals surface area (Å²) in [6.07, 6.45) is 5.12. The number of hydrogen-bond donors (Lipinski definition) is 0. The Labute approximate surface area is 136 Å². The van der Waals surface area contributed by atoms with E-state index in [1.807, 2.05) is 37.8 Å². The van der Waals surface area contributed by atoms with Crippen molar-refractivity contribution in [2.45, 2.75) is 26.8 Å². The summed E-state index contributed by atoms with van der Waals surface area (Å²) < 4.78 is 7.71. The van der Waals surface area contributed by atoms with E-state index in [2.05, 4.69) is 39.5 Å². The van der Waals surface area contributed by atoms with Crippen LogP contribution in [0.25, 0.3) is 11.4 Å². The van der Waals surface area contributed by atoms with Crippen molar-refractivity contribution in [1.29, 1.82) is 0 Å². The fourth-order valence-electron chi connectivity index (χ4n) is 2.47. The fourth-order valence-corrected chi connectivity index (χ4v) is 2.89. The second-order valence-corrected chi connectivity index (χ2v) is 6.30. The third-order valence-corrected chi connectivity index (χ3v) is 4.21. The number of anilines is 1. The molecule has 0 aliphatic heterocycles. The number of nitrogens with zero attached hydrogens (tertiary/aromatic N) is 4. The third kappa shape index (κ3) is 3.55. The molecule has 0 bridgehead atoms. The van der Waals surface area contributed by atoms with Crippen LogP contribution in [0.5, 0.6) is 0 Å². The van der Waals surface area contributed by atoms with Gasteiger partial charge in [0, 0.05) is 20.1 Å². The monoisotopic (exact) mass is 320 g/mol. The van der Waals surface area contributed by atoms with E-state index in [4.69, 9.17) is 4.42 Å². The maximum absolute atomic E-state index is 5.63. The van der Waals surface area contributed by atoms with Crippen molar-refractivity contribution in [2.75, 3.05) is 30.5 Å². The van der Waals surface area contributed by atoms with Crippen LogP contribution in [0, 0.1) is 13.8 Å². The van der Waals surface area contributed by atoms with Gasteiger partial charge in [0.15, 0.2) is 5.82 Å². The molecule has 0 N–H and O–H groups in total. The normalized spacial score (nSPS) is 10.9. The molecule has 120 valence electrons. The van der Waals surface area contributed by atoms with Gasteiger partial charge in [0.05, 0.1) is 5.56 Å². The van der Waals surface area contributed by atoms with E-state index in [0.29, 0.717) is 6.54 Å². The number of aromatic nitrogens is 3. The van der Waals surface area contributed by atoms with Crippen LogP contribution in [-0.2, 0) is 6.54 Å². The van der Waals surface area contributed by atoms with E-state index in [-0.39, 0.29) is 0 Å². The molecule has 0 atom stereocenters. The first kappa shape index (κ1) is 16.7. The van der Waals surface area contributed by atoms with Crippen LogP contribution in [0.4, 0.5) is 5.95 Å². The topological polar surface area (TPSA) is 47.1 Å². The second kappa shape index (κ2) is 7.54. The SMILES string of the molecule is C=CCn1c(-c2cc(C)oc2C)nnc1N(C)CCCSC. The lowest BCUT2D eigenvalue weighted by Crippen LogP contribution is -2.23. The Morgan fingerprint density at radius 2 is 2.18 bits per heavy atom. The molecule has 0 aromatic carbocycles. The van der Waals surface area contributed by atoms with E-state index in [9.17, 15) is 0 Å². The summed E-state index contributed by atoms with van der Waals surface area (Å²) in [6.45, 7) is 9.38. The maximum atomic E-state index is 5.63. The summed E-state index contributed by atoms with van der Waals surface area (Å²) in [6, 6.07) is 2.01. The summed E-state index contributed by atoms with van der Waals surface area (Å²) in [5.74, 6) is 4.60. The zero-order valence-electron chi connectivity index (χ0n) is 13.8. The largest absolute Gasteiger partial charge is 0.466 e. The van der Waals surface area contributed by atoms with Crippen molar-refractivity contribution < 1.29 is 4.42 Å². The minimum atomic E-state index is 0.675. The number of rotatable bonds is 8. The molecular weight excluding hydrogens is 296 g/mol. The van der Waals surface area contributed by atoms with Crippen LogP contribution in [0.15, 0.2) is 23.1 Å². The van der Waals surface area contributed by atoms with Gasteiger partial charge in [-0.2, -0.15) is 11.8 Å². The van der Waals surface area contributed by atoms with Gasteiger partial charge in [0.1, 0.15) is 11.5 Å². The van der Waals surface area contributed by atoms with Crippen molar-refractivity contribution in [1.82, 2.24) is 14.8 Å². The molecule has 0 aliphatic rings. The molecule has 0 fully saturated rings. The first-order chi connectivity index (χ1) is 10.6. The highest BCUT2D eigenvalue weighted by atomic mass is 32.2. The number of furan rings is 1. The van der Waals surface area contributed by atoms with Gasteiger partial charge < -0.3 is 9.32 Å². The molecule has 2 heterocycles. The van der Waals surface area contributed by atoms with E-state index in [1.165, 1.54) is 0 Å². The molecule has 0 radical (unpaired) electrons. The van der Waals surface area contributed by atoms with Crippen LogP contribution in [0.3, 0.4) is 0 Å². The van der Waals surface area contributed by atoms with Crippen LogP contribution >= 0.6 is 11.8 Å². The first-order valence-corrected chi connectivity index (χ1v) is 8.79. The second-order valence-electron chi connectivity index (χ2n) is 5.32. The molecule has 0 unspecified atom stereocenters. The Hall–Kier alpha value is -1.69. The molecular formula is C16H24N4OS. The van der Waals surface area contributed by atoms with Crippen LogP contribution < -0.4 is 4.90 Å². The standard InChI is InChI=1S/C16H24N4OS/c1-6-8-20-15(14-11-12(2)21-13(14)3)17-18-16(20)19(4)9-7-10-22-5/h6,11H,1,7-10H2,2-5H3. The maximum Gasteiger partial charge on any atom is 0.227 e. The Morgan fingerprint density at radius 3 is 2.77 bits per heavy atom. The highest BCUT2D eigenvalue weighted by Gasteiger charge is 2.19. The van der Waals surface area contributed by atoms with Crippen molar-refractivity contribution >= 4 is 17.7 Å². The number of thioether (sulfide) groups is 1. The lowest BCUT2D eigenvalue weighted by atomic mass is 10.2. The Kier molecular flexibility index (Phi) is 5.71. The highest BCUT2D eigenvalue weighted by molar-refractivity contribution is 7.98. The summed E-state index contributed by atoms with van der Waals surface area (Å²) in [5.41, 5.74) is 0.996. The number of allylic oxidation sites excluding steroid dienone is 1. The average Bonchev–Trinajstić information content (AvgIpc) is 3.02. The van der Waals surface area contributed by atoms with Gasteiger partial charge in [-0.3, -0.25) is 4.57 Å². The molecule has 5 nitrogen and oxygen atoms in total. The summed E-state index contributed by atoms with van der Waals surface area (Å²) >= 11 is 1.86. The highest BCUT2D eigenvalue weighted by Crippen LogP contribution is 2.28. The average molecular weight is 320 g/mol. The molecule has 0 spiro atoms. The van der Waals surface area contributed by atoms with Gasteiger partial charge in [0.2, 0.25) is 5.95 Å². The van der Waals surface area contributed by atoms with Crippen LogP contribution in [0.2, 0.25) is 0 Å². The minimum absolute atomic E-state index is 0.675. The molecule has 6 heteroatoms. The van der Waals surface area contributed by atoms with Crippen molar-refractivity contribution in [3.8, 4) is 11.4 Å². The molecule has 2 rings (SSSR count). The Bertz CT molecular complexity index is 632. The minimum Gasteiger partial charge on any atom is -0.466 e. The predicted octanol–water partition coefficient (Wildman–Crippen LogP) is 3.53. The number of aryl methyl sites for hydroxylation is 2. The van der Waals surface area contributed by atoms with E-state index < -0.39 is 0 Å². The molecule has 2 aromatic rings. The molecule has 22 heavy (non-hydrogen) atoms. The van der Waals surface area contributed by atoms with Gasteiger partial charge in [-0.25, -0.2) is 0 Å². The molecule has 0 saturated carbocycles. The third-order valence-electron chi connectivity index (χ3n) is 3.51.